The molecule has 3 aromatic rings. The van der Waals surface area contributed by atoms with Crippen LogP contribution in [0.15, 0.2) is 78.9 Å². The first-order chi connectivity index (χ1) is 14.1. The smallest absolute Gasteiger partial charge is 0.255 e. The summed E-state index contributed by atoms with van der Waals surface area (Å²) in [6.45, 7) is 5.17. The molecule has 0 radical (unpaired) electrons. The Bertz CT molecular complexity index is 965. The Morgan fingerprint density at radius 1 is 0.793 bits per heavy atom. The lowest BCUT2D eigenvalue weighted by atomic mass is 10.1. The molecule has 0 saturated heterocycles. The molecule has 148 valence electrons. The first-order valence-corrected chi connectivity index (χ1v) is 9.64. The Labute approximate surface area is 170 Å². The van der Waals surface area contributed by atoms with Gasteiger partial charge in [-0.3, -0.25) is 9.59 Å². The molecule has 0 saturated carbocycles. The minimum absolute atomic E-state index is 0.0477. The van der Waals surface area contributed by atoms with Crippen LogP contribution in [-0.4, -0.2) is 29.8 Å². The average Bonchev–Trinajstić information content (AvgIpc) is 2.76. The molecule has 0 heterocycles. The van der Waals surface area contributed by atoms with E-state index >= 15 is 0 Å². The Kier molecular flexibility index (Phi) is 6.63. The number of rotatable bonds is 7. The van der Waals surface area contributed by atoms with Crippen LogP contribution in [0.4, 0.5) is 5.69 Å². The number of ether oxygens (including phenoxy) is 1. The van der Waals surface area contributed by atoms with E-state index < -0.39 is 0 Å². The van der Waals surface area contributed by atoms with E-state index in [9.17, 15) is 9.59 Å². The molecule has 3 aromatic carbocycles. The summed E-state index contributed by atoms with van der Waals surface area (Å²) in [5.41, 5.74) is 1.64. The number of benzene rings is 3. The van der Waals surface area contributed by atoms with Crippen molar-refractivity contribution in [2.24, 2.45) is 0 Å². The fourth-order valence-corrected chi connectivity index (χ4v) is 2.93. The lowest BCUT2D eigenvalue weighted by molar-refractivity contribution is 0.0772. The lowest BCUT2D eigenvalue weighted by Crippen LogP contribution is -2.30. The van der Waals surface area contributed by atoms with Crippen molar-refractivity contribution < 1.29 is 14.3 Å². The Hall–Kier alpha value is -3.60. The molecular formula is C24H24N2O3. The molecule has 1 N–H and O–H groups in total. The van der Waals surface area contributed by atoms with Crippen LogP contribution in [0.1, 0.15) is 34.6 Å². The molecule has 0 unspecified atom stereocenters. The van der Waals surface area contributed by atoms with Crippen molar-refractivity contribution in [2.75, 3.05) is 18.4 Å². The molecular weight excluding hydrogens is 364 g/mol. The fourth-order valence-electron chi connectivity index (χ4n) is 2.93. The number of amides is 2. The largest absolute Gasteiger partial charge is 0.457 e. The summed E-state index contributed by atoms with van der Waals surface area (Å²) >= 11 is 0. The van der Waals surface area contributed by atoms with Gasteiger partial charge < -0.3 is 15.0 Å². The second-order valence-corrected chi connectivity index (χ2v) is 6.45. The van der Waals surface area contributed by atoms with Gasteiger partial charge in [0.1, 0.15) is 11.5 Å². The molecule has 29 heavy (non-hydrogen) atoms. The van der Waals surface area contributed by atoms with Crippen LogP contribution < -0.4 is 10.1 Å². The minimum Gasteiger partial charge on any atom is -0.457 e. The molecule has 0 bridgehead atoms. The molecule has 0 aliphatic rings. The molecule has 2 amide bonds. The quantitative estimate of drug-likeness (QED) is 0.604. The SMILES string of the molecule is CCN(CC)C(=O)c1cccc(NC(=O)c2ccc(Oc3ccccc3)cc2)c1. The maximum Gasteiger partial charge on any atom is 0.255 e. The van der Waals surface area contributed by atoms with E-state index in [0.29, 0.717) is 35.7 Å². The van der Waals surface area contributed by atoms with Gasteiger partial charge in [0, 0.05) is 29.9 Å². The highest BCUT2D eigenvalue weighted by Crippen LogP contribution is 2.21. The maximum atomic E-state index is 12.6. The third-order valence-corrected chi connectivity index (χ3v) is 4.51. The Morgan fingerprint density at radius 2 is 1.45 bits per heavy atom. The van der Waals surface area contributed by atoms with Crippen LogP contribution in [0.5, 0.6) is 11.5 Å². The zero-order chi connectivity index (χ0) is 20.6. The summed E-state index contributed by atoms with van der Waals surface area (Å²) < 4.78 is 5.74. The number of anilines is 1. The van der Waals surface area contributed by atoms with Crippen molar-refractivity contribution in [1.82, 2.24) is 4.90 Å². The van der Waals surface area contributed by atoms with Crippen LogP contribution in [0.3, 0.4) is 0 Å². The second-order valence-electron chi connectivity index (χ2n) is 6.45. The topological polar surface area (TPSA) is 58.6 Å². The van der Waals surface area contributed by atoms with Crippen LogP contribution in [0.25, 0.3) is 0 Å². The first-order valence-electron chi connectivity index (χ1n) is 9.64. The summed E-state index contributed by atoms with van der Waals surface area (Å²) in [5, 5.41) is 2.85. The summed E-state index contributed by atoms with van der Waals surface area (Å²) in [4.78, 5) is 26.8. The van der Waals surface area contributed by atoms with Gasteiger partial charge in [0.05, 0.1) is 0 Å². The number of hydrogen-bond acceptors (Lipinski definition) is 3. The lowest BCUT2D eigenvalue weighted by Gasteiger charge is -2.19. The molecule has 0 atom stereocenters. The number of carbonyl (C=O) groups excluding carboxylic acids is 2. The van der Waals surface area contributed by atoms with Crippen LogP contribution in [-0.2, 0) is 0 Å². The van der Waals surface area contributed by atoms with Gasteiger partial charge in [0.25, 0.3) is 11.8 Å². The van der Waals surface area contributed by atoms with Crippen molar-refractivity contribution in [3.63, 3.8) is 0 Å². The van der Waals surface area contributed by atoms with E-state index in [1.54, 1.807) is 53.4 Å². The molecule has 5 nitrogen and oxygen atoms in total. The van der Waals surface area contributed by atoms with E-state index in [-0.39, 0.29) is 11.8 Å². The van der Waals surface area contributed by atoms with Gasteiger partial charge in [-0.1, -0.05) is 24.3 Å². The number of hydrogen-bond donors (Lipinski definition) is 1. The first kappa shape index (κ1) is 20.1. The van der Waals surface area contributed by atoms with E-state index in [4.69, 9.17) is 4.74 Å². The van der Waals surface area contributed by atoms with E-state index in [1.165, 1.54) is 0 Å². The summed E-state index contributed by atoms with van der Waals surface area (Å²) in [6, 6.07) is 23.4. The molecule has 0 aromatic heterocycles. The maximum absolute atomic E-state index is 12.6. The molecule has 0 spiro atoms. The third kappa shape index (κ3) is 5.23. The van der Waals surface area contributed by atoms with Crippen LogP contribution in [0.2, 0.25) is 0 Å². The van der Waals surface area contributed by atoms with Gasteiger partial charge in [-0.2, -0.15) is 0 Å². The van der Waals surface area contributed by atoms with E-state index in [1.807, 2.05) is 44.2 Å². The molecule has 0 aliphatic heterocycles. The van der Waals surface area contributed by atoms with Gasteiger partial charge in [0.15, 0.2) is 0 Å². The third-order valence-electron chi connectivity index (χ3n) is 4.51. The molecule has 3 rings (SSSR count). The van der Waals surface area contributed by atoms with Gasteiger partial charge in [0.2, 0.25) is 0 Å². The van der Waals surface area contributed by atoms with Crippen molar-refractivity contribution in [3.8, 4) is 11.5 Å². The summed E-state index contributed by atoms with van der Waals surface area (Å²) in [6.07, 6.45) is 0. The summed E-state index contributed by atoms with van der Waals surface area (Å²) in [5.74, 6) is 1.09. The van der Waals surface area contributed by atoms with Gasteiger partial charge in [-0.25, -0.2) is 0 Å². The van der Waals surface area contributed by atoms with Crippen molar-refractivity contribution in [3.05, 3.63) is 90.0 Å². The average molecular weight is 388 g/mol. The van der Waals surface area contributed by atoms with E-state index in [0.717, 1.165) is 5.75 Å². The zero-order valence-electron chi connectivity index (χ0n) is 16.6. The van der Waals surface area contributed by atoms with Gasteiger partial charge in [-0.05, 0) is 68.4 Å². The number of para-hydroxylation sites is 1. The minimum atomic E-state index is -0.247. The fraction of sp³-hybridized carbons (Fsp3) is 0.167. The zero-order valence-corrected chi connectivity index (χ0v) is 16.6. The van der Waals surface area contributed by atoms with E-state index in [2.05, 4.69) is 5.32 Å². The van der Waals surface area contributed by atoms with Crippen molar-refractivity contribution >= 4 is 17.5 Å². The Morgan fingerprint density at radius 3 is 2.10 bits per heavy atom. The second kappa shape index (κ2) is 9.55. The van der Waals surface area contributed by atoms with Crippen molar-refractivity contribution in [1.29, 1.82) is 0 Å². The van der Waals surface area contributed by atoms with Crippen LogP contribution in [0, 0.1) is 0 Å². The predicted molar refractivity (Wildman–Crippen MR) is 115 cm³/mol. The van der Waals surface area contributed by atoms with Crippen molar-refractivity contribution in [2.45, 2.75) is 13.8 Å². The Balaban J connectivity index is 1.67. The molecule has 5 heteroatoms. The standard InChI is InChI=1S/C24H24N2O3/c1-3-26(4-2)24(28)19-9-8-10-20(17-19)25-23(27)18-13-15-22(16-14-18)29-21-11-6-5-7-12-21/h5-17H,3-4H2,1-2H3,(H,25,27). The number of nitrogens with one attached hydrogen (secondary N) is 1. The number of nitrogens with zero attached hydrogens (tertiary/aromatic N) is 1. The van der Waals surface area contributed by atoms with Crippen LogP contribution >= 0.6 is 0 Å². The normalized spacial score (nSPS) is 10.3. The number of carbonyl (C=O) groups is 2. The highest BCUT2D eigenvalue weighted by molar-refractivity contribution is 6.05. The monoisotopic (exact) mass is 388 g/mol. The highest BCUT2D eigenvalue weighted by Gasteiger charge is 2.13. The van der Waals surface area contributed by atoms with Gasteiger partial charge in [-0.15, -0.1) is 0 Å². The van der Waals surface area contributed by atoms with Gasteiger partial charge >= 0.3 is 0 Å². The summed E-state index contributed by atoms with van der Waals surface area (Å²) in [7, 11) is 0. The molecule has 0 aliphatic carbocycles. The highest BCUT2D eigenvalue weighted by atomic mass is 16.5. The predicted octanol–water partition coefficient (Wildman–Crippen LogP) is 5.21. The molecule has 0 fully saturated rings.